The summed E-state index contributed by atoms with van der Waals surface area (Å²) < 4.78 is 4.80. The molecule has 24 heavy (non-hydrogen) atoms. The Balaban J connectivity index is 1.87. The first kappa shape index (κ1) is 15.7. The summed E-state index contributed by atoms with van der Waals surface area (Å²) >= 11 is 0. The molecule has 0 radical (unpaired) electrons. The van der Waals surface area contributed by atoms with E-state index in [9.17, 15) is 9.59 Å². The first-order chi connectivity index (χ1) is 11.6. The Hall–Kier alpha value is -3.22. The van der Waals surface area contributed by atoms with E-state index in [0.29, 0.717) is 11.4 Å². The average molecular weight is 324 g/mol. The van der Waals surface area contributed by atoms with Crippen molar-refractivity contribution in [1.29, 1.82) is 0 Å². The van der Waals surface area contributed by atoms with Crippen molar-refractivity contribution in [3.05, 3.63) is 70.6 Å². The van der Waals surface area contributed by atoms with Gasteiger partial charge in [0.2, 0.25) is 0 Å². The summed E-state index contributed by atoms with van der Waals surface area (Å²) in [7, 11) is 1.62. The molecule has 0 saturated heterocycles. The van der Waals surface area contributed by atoms with Crippen LogP contribution >= 0.6 is 0 Å². The van der Waals surface area contributed by atoms with Crippen molar-refractivity contribution in [2.45, 2.75) is 13.0 Å². The van der Waals surface area contributed by atoms with Gasteiger partial charge in [0, 0.05) is 36.8 Å². The number of carbonyl (C=O) groups is 1. The number of H-pyrrole nitrogens is 1. The molecule has 7 nitrogen and oxygen atoms in total. The van der Waals surface area contributed by atoms with Gasteiger partial charge >= 0.3 is 0 Å². The number of carbonyl (C=O) groups excluding carboxylic acids is 1. The Bertz CT molecular complexity index is 888. The van der Waals surface area contributed by atoms with Crippen molar-refractivity contribution in [3.8, 4) is 11.3 Å². The lowest BCUT2D eigenvalue weighted by molar-refractivity contribution is 0.0736. The van der Waals surface area contributed by atoms with Crippen LogP contribution in [-0.2, 0) is 0 Å². The second-order valence-corrected chi connectivity index (χ2v) is 5.37. The largest absolute Gasteiger partial charge is 0.364 e. The van der Waals surface area contributed by atoms with Crippen LogP contribution in [-0.4, -0.2) is 33.0 Å². The molecule has 3 aromatic heterocycles. The third-order valence-corrected chi connectivity index (χ3v) is 3.92. The van der Waals surface area contributed by atoms with Gasteiger partial charge in [-0.25, -0.2) is 0 Å². The van der Waals surface area contributed by atoms with Crippen molar-refractivity contribution < 1.29 is 9.32 Å². The predicted molar refractivity (Wildman–Crippen MR) is 87.3 cm³/mol. The summed E-state index contributed by atoms with van der Waals surface area (Å²) in [5, 5.41) is 3.83. The van der Waals surface area contributed by atoms with Crippen molar-refractivity contribution in [2.75, 3.05) is 7.05 Å². The molecule has 0 saturated carbocycles. The standard InChI is InChI=1S/C17H16N4O3/c1-11(14-7-10-24-20-14)21(2)17(23)13-3-4-15(19-16(13)22)12-5-8-18-9-6-12/h3-11H,1-2H3,(H,19,22). The molecule has 0 aliphatic rings. The number of nitrogens with zero attached hydrogens (tertiary/aromatic N) is 3. The molecular formula is C17H16N4O3. The maximum absolute atomic E-state index is 12.6. The van der Waals surface area contributed by atoms with Gasteiger partial charge < -0.3 is 14.4 Å². The van der Waals surface area contributed by atoms with Gasteiger partial charge in [-0.3, -0.25) is 14.6 Å². The third-order valence-electron chi connectivity index (χ3n) is 3.92. The zero-order valence-electron chi connectivity index (χ0n) is 13.3. The molecule has 1 N–H and O–H groups in total. The van der Waals surface area contributed by atoms with E-state index >= 15 is 0 Å². The highest BCUT2D eigenvalue weighted by Crippen LogP contribution is 2.19. The SMILES string of the molecule is CC(c1ccon1)N(C)C(=O)c1ccc(-c2ccncc2)[nH]c1=O. The molecule has 0 bridgehead atoms. The Kier molecular flexibility index (Phi) is 4.24. The second kappa shape index (κ2) is 6.49. The summed E-state index contributed by atoms with van der Waals surface area (Å²) in [6, 6.07) is 8.18. The minimum absolute atomic E-state index is 0.0747. The van der Waals surface area contributed by atoms with Crippen LogP contribution in [0.1, 0.15) is 29.0 Å². The minimum Gasteiger partial charge on any atom is -0.364 e. The van der Waals surface area contributed by atoms with Crippen molar-refractivity contribution in [2.24, 2.45) is 0 Å². The first-order valence-electron chi connectivity index (χ1n) is 7.39. The molecule has 3 aromatic rings. The van der Waals surface area contributed by atoms with Crippen LogP contribution in [0.4, 0.5) is 0 Å². The molecular weight excluding hydrogens is 308 g/mol. The number of aromatic nitrogens is 3. The highest BCUT2D eigenvalue weighted by atomic mass is 16.5. The molecule has 0 fully saturated rings. The van der Waals surface area contributed by atoms with Crippen LogP contribution in [0.15, 0.2) is 58.3 Å². The highest BCUT2D eigenvalue weighted by Gasteiger charge is 2.23. The lowest BCUT2D eigenvalue weighted by atomic mass is 10.1. The Labute approximate surface area is 137 Å². The first-order valence-corrected chi connectivity index (χ1v) is 7.39. The topological polar surface area (TPSA) is 92.1 Å². The van der Waals surface area contributed by atoms with Gasteiger partial charge in [0.05, 0.1) is 6.04 Å². The fraction of sp³-hybridized carbons (Fsp3) is 0.176. The van der Waals surface area contributed by atoms with E-state index in [1.54, 1.807) is 43.7 Å². The number of amides is 1. The lowest BCUT2D eigenvalue weighted by Crippen LogP contribution is -2.33. The number of rotatable bonds is 4. The summed E-state index contributed by atoms with van der Waals surface area (Å²) in [6.07, 6.45) is 4.72. The molecule has 3 heterocycles. The van der Waals surface area contributed by atoms with Crippen LogP contribution in [0.3, 0.4) is 0 Å². The summed E-state index contributed by atoms with van der Waals surface area (Å²) in [6.45, 7) is 1.81. The third kappa shape index (κ3) is 2.96. The fourth-order valence-electron chi connectivity index (χ4n) is 2.34. The van der Waals surface area contributed by atoms with Gasteiger partial charge in [0.15, 0.2) is 0 Å². The molecule has 1 atom stereocenters. The van der Waals surface area contributed by atoms with Crippen LogP contribution in [0.2, 0.25) is 0 Å². The molecule has 7 heteroatoms. The summed E-state index contributed by atoms with van der Waals surface area (Å²) in [5.41, 5.74) is 1.71. The van der Waals surface area contributed by atoms with Crippen LogP contribution in [0.25, 0.3) is 11.3 Å². The number of pyridine rings is 2. The second-order valence-electron chi connectivity index (χ2n) is 5.37. The average Bonchev–Trinajstić information content (AvgIpc) is 3.15. The Morgan fingerprint density at radius 2 is 1.96 bits per heavy atom. The maximum Gasteiger partial charge on any atom is 0.261 e. The molecule has 1 unspecified atom stereocenters. The van der Waals surface area contributed by atoms with Gasteiger partial charge in [-0.1, -0.05) is 5.16 Å². The molecule has 0 aliphatic carbocycles. The van der Waals surface area contributed by atoms with Crippen LogP contribution in [0.5, 0.6) is 0 Å². The van der Waals surface area contributed by atoms with Crippen molar-refractivity contribution >= 4 is 5.91 Å². The number of hydrogen-bond donors (Lipinski definition) is 1. The van der Waals surface area contributed by atoms with E-state index in [1.807, 2.05) is 6.92 Å². The predicted octanol–water partition coefficient (Wildman–Crippen LogP) is 2.26. The number of nitrogens with one attached hydrogen (secondary N) is 1. The maximum atomic E-state index is 12.6. The normalized spacial score (nSPS) is 11.9. The zero-order chi connectivity index (χ0) is 17.1. The zero-order valence-corrected chi connectivity index (χ0v) is 13.3. The number of aromatic amines is 1. The highest BCUT2D eigenvalue weighted by molar-refractivity contribution is 5.94. The lowest BCUT2D eigenvalue weighted by Gasteiger charge is -2.22. The van der Waals surface area contributed by atoms with Crippen molar-refractivity contribution in [1.82, 2.24) is 20.0 Å². The van der Waals surface area contributed by atoms with E-state index in [4.69, 9.17) is 4.52 Å². The van der Waals surface area contributed by atoms with Gasteiger partial charge in [-0.15, -0.1) is 0 Å². The molecule has 0 aromatic carbocycles. The van der Waals surface area contributed by atoms with Gasteiger partial charge in [-0.05, 0) is 31.2 Å². The van der Waals surface area contributed by atoms with Gasteiger partial charge in [0.1, 0.15) is 17.5 Å². The quantitative estimate of drug-likeness (QED) is 0.794. The van der Waals surface area contributed by atoms with E-state index < -0.39 is 5.56 Å². The molecule has 122 valence electrons. The Morgan fingerprint density at radius 1 is 1.21 bits per heavy atom. The fourth-order valence-corrected chi connectivity index (χ4v) is 2.34. The molecule has 0 spiro atoms. The summed E-state index contributed by atoms with van der Waals surface area (Å²) in [4.78, 5) is 33.0. The van der Waals surface area contributed by atoms with Crippen LogP contribution < -0.4 is 5.56 Å². The molecule has 0 aliphatic heterocycles. The van der Waals surface area contributed by atoms with Gasteiger partial charge in [0.25, 0.3) is 11.5 Å². The minimum atomic E-state index is -0.437. The molecule has 1 amide bonds. The van der Waals surface area contributed by atoms with Gasteiger partial charge in [-0.2, -0.15) is 0 Å². The summed E-state index contributed by atoms with van der Waals surface area (Å²) in [5.74, 6) is -0.381. The van der Waals surface area contributed by atoms with E-state index in [0.717, 1.165) is 5.56 Å². The number of hydrogen-bond acceptors (Lipinski definition) is 5. The van der Waals surface area contributed by atoms with Crippen molar-refractivity contribution in [3.63, 3.8) is 0 Å². The van der Waals surface area contributed by atoms with E-state index in [1.165, 1.54) is 17.2 Å². The van der Waals surface area contributed by atoms with E-state index in [2.05, 4.69) is 15.1 Å². The molecule has 3 rings (SSSR count). The Morgan fingerprint density at radius 3 is 2.58 bits per heavy atom. The van der Waals surface area contributed by atoms with Crippen LogP contribution in [0, 0.1) is 0 Å². The monoisotopic (exact) mass is 324 g/mol. The van der Waals surface area contributed by atoms with E-state index in [-0.39, 0.29) is 17.5 Å². The smallest absolute Gasteiger partial charge is 0.261 e.